The van der Waals surface area contributed by atoms with Gasteiger partial charge in [0.05, 0.1) is 24.7 Å². The first-order chi connectivity index (χ1) is 14.9. The van der Waals surface area contributed by atoms with Gasteiger partial charge in [-0.05, 0) is 54.4 Å². The number of hydrogen-bond acceptors (Lipinski definition) is 3. The normalized spacial score (nSPS) is 11.0. The first kappa shape index (κ1) is 21.2. The van der Waals surface area contributed by atoms with Crippen LogP contribution in [0, 0.1) is 6.92 Å². The summed E-state index contributed by atoms with van der Waals surface area (Å²) in [5.74, 6) is -0.354. The van der Waals surface area contributed by atoms with Crippen molar-refractivity contribution in [1.82, 2.24) is 4.98 Å². The van der Waals surface area contributed by atoms with Crippen LogP contribution in [0.2, 0.25) is 10.0 Å². The minimum absolute atomic E-state index is 0.234. The zero-order chi connectivity index (χ0) is 22.1. The van der Waals surface area contributed by atoms with E-state index in [0.29, 0.717) is 38.1 Å². The van der Waals surface area contributed by atoms with E-state index in [1.54, 1.807) is 25.3 Å². The smallest absolute Gasteiger partial charge is 0.307 e. The van der Waals surface area contributed by atoms with Gasteiger partial charge in [0.2, 0.25) is 0 Å². The third kappa shape index (κ3) is 4.09. The zero-order valence-electron chi connectivity index (χ0n) is 16.9. The highest BCUT2D eigenvalue weighted by molar-refractivity contribution is 6.34. The number of methoxy groups -OCH3 is 1. The van der Waals surface area contributed by atoms with Gasteiger partial charge >= 0.3 is 5.97 Å². The van der Waals surface area contributed by atoms with Crippen molar-refractivity contribution in [2.75, 3.05) is 7.11 Å². The van der Waals surface area contributed by atoms with E-state index in [0.717, 1.165) is 22.1 Å². The van der Waals surface area contributed by atoms with Gasteiger partial charge in [-0.3, -0.25) is 4.79 Å². The van der Waals surface area contributed by atoms with E-state index in [4.69, 9.17) is 32.9 Å². The van der Waals surface area contributed by atoms with Crippen molar-refractivity contribution < 1.29 is 14.6 Å². The number of halogens is 2. The predicted octanol–water partition coefficient (Wildman–Crippen LogP) is 6.82. The maximum atomic E-state index is 11.9. The van der Waals surface area contributed by atoms with Gasteiger partial charge in [0.25, 0.3) is 0 Å². The van der Waals surface area contributed by atoms with Gasteiger partial charge in [0.15, 0.2) is 0 Å². The van der Waals surface area contributed by atoms with Crippen LogP contribution in [0.3, 0.4) is 0 Å². The number of aryl methyl sites for hydroxylation is 1. The molecule has 0 aliphatic heterocycles. The number of fused-ring (bicyclic) bond motifs is 1. The molecule has 0 aliphatic rings. The molecule has 0 fully saturated rings. The number of aliphatic carboxylic acids is 1. The summed E-state index contributed by atoms with van der Waals surface area (Å²) in [5.41, 5.74) is 4.96. The van der Waals surface area contributed by atoms with Crippen LogP contribution >= 0.6 is 23.2 Å². The SMILES string of the molecule is COc1ccc(C)cc1-c1nc2ccc(Cl)cc2c(-c2ccccc2Cl)c1CC(=O)O. The number of pyridine rings is 1. The van der Waals surface area contributed by atoms with Gasteiger partial charge in [-0.15, -0.1) is 0 Å². The Morgan fingerprint density at radius 1 is 1.03 bits per heavy atom. The third-order valence-corrected chi connectivity index (χ3v) is 5.69. The first-order valence-electron chi connectivity index (χ1n) is 9.63. The molecule has 1 aromatic heterocycles. The van der Waals surface area contributed by atoms with Gasteiger partial charge in [-0.1, -0.05) is 53.0 Å². The van der Waals surface area contributed by atoms with E-state index in [2.05, 4.69) is 0 Å². The van der Waals surface area contributed by atoms with Crippen molar-refractivity contribution in [2.45, 2.75) is 13.3 Å². The van der Waals surface area contributed by atoms with E-state index in [1.165, 1.54) is 0 Å². The van der Waals surface area contributed by atoms with Gasteiger partial charge in [-0.2, -0.15) is 0 Å². The van der Waals surface area contributed by atoms with Crippen LogP contribution in [0.5, 0.6) is 5.75 Å². The highest BCUT2D eigenvalue weighted by Crippen LogP contribution is 2.42. The lowest BCUT2D eigenvalue weighted by molar-refractivity contribution is -0.136. The molecule has 1 N–H and O–H groups in total. The maximum absolute atomic E-state index is 11.9. The molecule has 31 heavy (non-hydrogen) atoms. The van der Waals surface area contributed by atoms with Crippen molar-refractivity contribution in [3.63, 3.8) is 0 Å². The summed E-state index contributed by atoms with van der Waals surface area (Å²) in [6, 6.07) is 18.5. The largest absolute Gasteiger partial charge is 0.496 e. The number of carbonyl (C=O) groups is 1. The molecule has 0 saturated carbocycles. The minimum Gasteiger partial charge on any atom is -0.496 e. The lowest BCUT2D eigenvalue weighted by atomic mass is 9.89. The van der Waals surface area contributed by atoms with Crippen molar-refractivity contribution in [2.24, 2.45) is 0 Å². The Morgan fingerprint density at radius 3 is 2.52 bits per heavy atom. The van der Waals surface area contributed by atoms with Crippen molar-refractivity contribution in [3.05, 3.63) is 81.8 Å². The summed E-state index contributed by atoms with van der Waals surface area (Å²) in [6.45, 7) is 1.97. The molecular formula is C25H19Cl2NO3. The molecule has 4 aromatic rings. The summed E-state index contributed by atoms with van der Waals surface area (Å²) in [5, 5.41) is 11.6. The van der Waals surface area contributed by atoms with Gasteiger partial charge in [0, 0.05) is 26.6 Å². The number of aromatic nitrogens is 1. The fraction of sp³-hybridized carbons (Fsp3) is 0.120. The molecule has 0 bridgehead atoms. The number of carboxylic acid groups (broad SMARTS) is 1. The molecule has 0 saturated heterocycles. The number of benzene rings is 3. The molecule has 0 amide bonds. The number of ether oxygens (including phenoxy) is 1. The van der Waals surface area contributed by atoms with E-state index in [1.807, 2.05) is 49.4 Å². The number of carboxylic acids is 1. The fourth-order valence-electron chi connectivity index (χ4n) is 3.80. The van der Waals surface area contributed by atoms with Crippen LogP contribution in [-0.4, -0.2) is 23.2 Å². The Balaban J connectivity index is 2.21. The highest BCUT2D eigenvalue weighted by atomic mass is 35.5. The second-order valence-corrected chi connectivity index (χ2v) is 8.07. The van der Waals surface area contributed by atoms with E-state index >= 15 is 0 Å². The predicted molar refractivity (Wildman–Crippen MR) is 125 cm³/mol. The molecule has 0 atom stereocenters. The number of nitrogens with zero attached hydrogens (tertiary/aromatic N) is 1. The Kier molecular flexibility index (Phi) is 5.86. The van der Waals surface area contributed by atoms with Crippen LogP contribution in [0.1, 0.15) is 11.1 Å². The molecule has 4 nitrogen and oxygen atoms in total. The lowest BCUT2D eigenvalue weighted by Crippen LogP contribution is -2.07. The second-order valence-electron chi connectivity index (χ2n) is 7.23. The van der Waals surface area contributed by atoms with Crippen LogP contribution < -0.4 is 4.74 Å². The van der Waals surface area contributed by atoms with Crippen LogP contribution in [0.4, 0.5) is 0 Å². The highest BCUT2D eigenvalue weighted by Gasteiger charge is 2.23. The Morgan fingerprint density at radius 2 is 1.81 bits per heavy atom. The molecule has 6 heteroatoms. The van der Waals surface area contributed by atoms with Crippen molar-refractivity contribution >= 4 is 40.1 Å². The summed E-state index contributed by atoms with van der Waals surface area (Å²) in [6.07, 6.45) is -0.234. The number of hydrogen-bond donors (Lipinski definition) is 1. The molecule has 0 spiro atoms. The molecule has 0 unspecified atom stereocenters. The monoisotopic (exact) mass is 451 g/mol. The molecule has 0 radical (unpaired) electrons. The van der Waals surface area contributed by atoms with Gasteiger partial charge < -0.3 is 9.84 Å². The maximum Gasteiger partial charge on any atom is 0.307 e. The van der Waals surface area contributed by atoms with Crippen molar-refractivity contribution in [3.8, 4) is 28.1 Å². The van der Waals surface area contributed by atoms with E-state index in [9.17, 15) is 9.90 Å². The van der Waals surface area contributed by atoms with Crippen LogP contribution in [0.25, 0.3) is 33.3 Å². The quantitative estimate of drug-likeness (QED) is 0.361. The van der Waals surface area contributed by atoms with Crippen LogP contribution in [0.15, 0.2) is 60.7 Å². The molecule has 156 valence electrons. The summed E-state index contributed by atoms with van der Waals surface area (Å²) >= 11 is 12.9. The molecule has 1 heterocycles. The second kappa shape index (κ2) is 8.58. The minimum atomic E-state index is -0.968. The zero-order valence-corrected chi connectivity index (χ0v) is 18.5. The van der Waals surface area contributed by atoms with Gasteiger partial charge in [0.1, 0.15) is 5.75 Å². The summed E-state index contributed by atoms with van der Waals surface area (Å²) < 4.78 is 5.58. The average molecular weight is 452 g/mol. The Hall–Kier alpha value is -3.08. The van der Waals surface area contributed by atoms with E-state index in [-0.39, 0.29) is 6.42 Å². The average Bonchev–Trinajstić information content (AvgIpc) is 2.74. The standard InChI is InChI=1S/C25H19Cl2NO3/c1-14-7-10-22(31-2)18(11-14)25-19(13-23(29)30)24(16-5-3-4-6-20(16)27)17-12-15(26)8-9-21(17)28-25/h3-12H,13H2,1-2H3,(H,29,30). The number of rotatable bonds is 5. The summed E-state index contributed by atoms with van der Waals surface area (Å²) in [7, 11) is 1.58. The fourth-order valence-corrected chi connectivity index (χ4v) is 4.20. The Labute approximate surface area is 190 Å². The van der Waals surface area contributed by atoms with E-state index < -0.39 is 5.97 Å². The summed E-state index contributed by atoms with van der Waals surface area (Å²) in [4.78, 5) is 16.8. The molecule has 4 rings (SSSR count). The molecular weight excluding hydrogens is 433 g/mol. The molecule has 3 aromatic carbocycles. The first-order valence-corrected chi connectivity index (χ1v) is 10.4. The lowest BCUT2D eigenvalue weighted by Gasteiger charge is -2.19. The van der Waals surface area contributed by atoms with Gasteiger partial charge in [-0.25, -0.2) is 4.98 Å². The van der Waals surface area contributed by atoms with Crippen molar-refractivity contribution in [1.29, 1.82) is 0 Å². The van der Waals surface area contributed by atoms with Crippen LogP contribution in [-0.2, 0) is 11.2 Å². The topological polar surface area (TPSA) is 59.4 Å². The third-order valence-electron chi connectivity index (χ3n) is 5.13. The Bertz CT molecular complexity index is 1320. The molecule has 0 aliphatic carbocycles.